The van der Waals surface area contributed by atoms with Gasteiger partial charge in [-0.3, -0.25) is 4.79 Å². The van der Waals surface area contributed by atoms with Crippen LogP contribution in [0.4, 0.5) is 0 Å². The third-order valence-corrected chi connectivity index (χ3v) is 2.10. The molecule has 0 N–H and O–H groups in total. The van der Waals surface area contributed by atoms with Gasteiger partial charge in [-0.25, -0.2) is 0 Å². The first-order chi connectivity index (χ1) is 7.71. The van der Waals surface area contributed by atoms with Crippen LogP contribution in [0.3, 0.4) is 0 Å². The molecule has 0 aromatic heterocycles. The van der Waals surface area contributed by atoms with E-state index in [2.05, 4.69) is 0 Å². The first-order valence-corrected chi connectivity index (χ1v) is 5.32. The van der Waals surface area contributed by atoms with Crippen molar-refractivity contribution in [3.8, 4) is 11.5 Å². The van der Waals surface area contributed by atoms with E-state index in [9.17, 15) is 4.79 Å². The van der Waals surface area contributed by atoms with E-state index >= 15 is 0 Å². The predicted octanol–water partition coefficient (Wildman–Crippen LogP) is 2.87. The van der Waals surface area contributed by atoms with Gasteiger partial charge in [0.25, 0.3) is 0 Å². The number of ether oxygens (including phenoxy) is 2. The van der Waals surface area contributed by atoms with E-state index in [1.54, 1.807) is 12.1 Å². The van der Waals surface area contributed by atoms with Gasteiger partial charge in [-0.05, 0) is 24.6 Å². The third-order valence-electron chi connectivity index (χ3n) is 1.88. The third kappa shape index (κ3) is 3.28. The lowest BCUT2D eigenvalue weighted by Crippen LogP contribution is -2.09. The SMILES string of the molecule is C/C=C\c1ccc(OC(=O)CCl)c(OC)c1. The number of hydrogen-bond acceptors (Lipinski definition) is 3. The number of benzene rings is 1. The van der Waals surface area contributed by atoms with E-state index in [1.807, 2.05) is 25.1 Å². The van der Waals surface area contributed by atoms with Crippen LogP contribution in [0.15, 0.2) is 24.3 Å². The summed E-state index contributed by atoms with van der Waals surface area (Å²) in [6.45, 7) is 1.92. The molecule has 0 fully saturated rings. The smallest absolute Gasteiger partial charge is 0.326 e. The lowest BCUT2D eigenvalue weighted by Gasteiger charge is -2.08. The van der Waals surface area contributed by atoms with Crippen LogP contribution in [0.2, 0.25) is 0 Å². The topological polar surface area (TPSA) is 35.5 Å². The fourth-order valence-corrected chi connectivity index (χ4v) is 1.27. The van der Waals surface area contributed by atoms with Gasteiger partial charge in [0.05, 0.1) is 7.11 Å². The monoisotopic (exact) mass is 240 g/mol. The van der Waals surface area contributed by atoms with E-state index < -0.39 is 5.97 Å². The van der Waals surface area contributed by atoms with Gasteiger partial charge in [-0.2, -0.15) is 0 Å². The maximum atomic E-state index is 11.0. The minimum absolute atomic E-state index is 0.181. The van der Waals surface area contributed by atoms with Crippen LogP contribution in [-0.4, -0.2) is 19.0 Å². The van der Waals surface area contributed by atoms with E-state index in [0.717, 1.165) is 5.56 Å². The molecule has 0 unspecified atom stereocenters. The van der Waals surface area contributed by atoms with Gasteiger partial charge in [0.15, 0.2) is 11.5 Å². The normalized spacial score (nSPS) is 10.4. The average molecular weight is 241 g/mol. The molecule has 0 saturated carbocycles. The average Bonchev–Trinajstić information content (AvgIpc) is 2.31. The van der Waals surface area contributed by atoms with Gasteiger partial charge in [0.1, 0.15) is 5.88 Å². The van der Waals surface area contributed by atoms with Crippen LogP contribution in [0, 0.1) is 0 Å². The number of allylic oxidation sites excluding steroid dienone is 1. The molecule has 0 aliphatic rings. The zero-order valence-corrected chi connectivity index (χ0v) is 9.95. The highest BCUT2D eigenvalue weighted by atomic mass is 35.5. The molecule has 0 saturated heterocycles. The summed E-state index contributed by atoms with van der Waals surface area (Å²) in [6, 6.07) is 5.30. The molecule has 1 aromatic carbocycles. The van der Waals surface area contributed by atoms with Crippen molar-refractivity contribution >= 4 is 23.6 Å². The number of methoxy groups -OCH3 is 1. The molecule has 86 valence electrons. The lowest BCUT2D eigenvalue weighted by molar-refractivity contribution is -0.131. The van der Waals surface area contributed by atoms with Crippen molar-refractivity contribution in [3.63, 3.8) is 0 Å². The molecule has 3 nitrogen and oxygen atoms in total. The number of esters is 1. The maximum absolute atomic E-state index is 11.0. The zero-order chi connectivity index (χ0) is 12.0. The highest BCUT2D eigenvalue weighted by molar-refractivity contribution is 6.26. The van der Waals surface area contributed by atoms with Crippen molar-refractivity contribution in [3.05, 3.63) is 29.8 Å². The Kier molecular flexibility index (Phi) is 4.86. The quantitative estimate of drug-likeness (QED) is 0.461. The molecule has 4 heteroatoms. The molecule has 16 heavy (non-hydrogen) atoms. The Morgan fingerprint density at radius 2 is 2.19 bits per heavy atom. The lowest BCUT2D eigenvalue weighted by atomic mass is 10.2. The van der Waals surface area contributed by atoms with Gasteiger partial charge < -0.3 is 9.47 Å². The summed E-state index contributed by atoms with van der Waals surface area (Å²) in [5, 5.41) is 0. The molecular formula is C12H13ClO3. The van der Waals surface area contributed by atoms with Gasteiger partial charge in [-0.1, -0.05) is 18.2 Å². The van der Waals surface area contributed by atoms with Crippen LogP contribution < -0.4 is 9.47 Å². The standard InChI is InChI=1S/C12H13ClO3/c1-3-4-9-5-6-10(11(7-9)15-2)16-12(14)8-13/h3-7H,8H2,1-2H3/b4-3-. The maximum Gasteiger partial charge on any atom is 0.326 e. The van der Waals surface area contributed by atoms with Crippen molar-refractivity contribution in [2.75, 3.05) is 13.0 Å². The number of rotatable bonds is 4. The Morgan fingerprint density at radius 1 is 1.44 bits per heavy atom. The summed E-state index contributed by atoms with van der Waals surface area (Å²) in [5.41, 5.74) is 0.977. The summed E-state index contributed by atoms with van der Waals surface area (Å²) in [6.07, 6.45) is 3.84. The second kappa shape index (κ2) is 6.18. The minimum atomic E-state index is -0.501. The van der Waals surface area contributed by atoms with Gasteiger partial charge >= 0.3 is 5.97 Å². The van der Waals surface area contributed by atoms with Crippen molar-refractivity contribution in [1.82, 2.24) is 0 Å². The number of halogens is 1. The molecule has 0 amide bonds. The van der Waals surface area contributed by atoms with E-state index in [0.29, 0.717) is 11.5 Å². The zero-order valence-electron chi connectivity index (χ0n) is 9.20. The van der Waals surface area contributed by atoms with Crippen LogP contribution in [0.5, 0.6) is 11.5 Å². The number of carbonyl (C=O) groups is 1. The van der Waals surface area contributed by atoms with Gasteiger partial charge in [-0.15, -0.1) is 11.6 Å². The Bertz CT molecular complexity index is 399. The Morgan fingerprint density at radius 3 is 2.75 bits per heavy atom. The molecule has 0 aliphatic heterocycles. The molecule has 0 spiro atoms. The van der Waals surface area contributed by atoms with Gasteiger partial charge in [0, 0.05) is 0 Å². The summed E-state index contributed by atoms with van der Waals surface area (Å²) in [5.74, 6) is 0.203. The minimum Gasteiger partial charge on any atom is -0.493 e. The van der Waals surface area contributed by atoms with Crippen molar-refractivity contribution in [2.24, 2.45) is 0 Å². The molecule has 1 aromatic rings. The number of hydrogen-bond donors (Lipinski definition) is 0. The summed E-state index contributed by atoms with van der Waals surface area (Å²) in [4.78, 5) is 11.0. The van der Waals surface area contributed by atoms with Crippen LogP contribution in [-0.2, 0) is 4.79 Å². The second-order valence-electron chi connectivity index (χ2n) is 3.02. The first-order valence-electron chi connectivity index (χ1n) is 4.78. The molecule has 0 heterocycles. The highest BCUT2D eigenvalue weighted by Crippen LogP contribution is 2.28. The van der Waals surface area contributed by atoms with E-state index in [4.69, 9.17) is 21.1 Å². The molecule has 0 aliphatic carbocycles. The van der Waals surface area contributed by atoms with Crippen molar-refractivity contribution in [1.29, 1.82) is 0 Å². The molecule has 0 radical (unpaired) electrons. The van der Waals surface area contributed by atoms with E-state index in [-0.39, 0.29) is 5.88 Å². The Balaban J connectivity index is 2.97. The summed E-state index contributed by atoms with van der Waals surface area (Å²) in [7, 11) is 1.52. The van der Waals surface area contributed by atoms with Crippen LogP contribution in [0.25, 0.3) is 6.08 Å². The van der Waals surface area contributed by atoms with E-state index in [1.165, 1.54) is 7.11 Å². The second-order valence-corrected chi connectivity index (χ2v) is 3.29. The molecule has 0 atom stereocenters. The van der Waals surface area contributed by atoms with Gasteiger partial charge in [0.2, 0.25) is 0 Å². The Hall–Kier alpha value is -1.48. The number of carbonyl (C=O) groups excluding carboxylic acids is 1. The molecule has 0 bridgehead atoms. The fraction of sp³-hybridized carbons (Fsp3) is 0.250. The number of alkyl halides is 1. The highest BCUT2D eigenvalue weighted by Gasteiger charge is 2.08. The Labute approximate surface area is 99.6 Å². The van der Waals surface area contributed by atoms with Crippen molar-refractivity contribution < 1.29 is 14.3 Å². The summed E-state index contributed by atoms with van der Waals surface area (Å²) >= 11 is 5.35. The van der Waals surface area contributed by atoms with Crippen LogP contribution >= 0.6 is 11.6 Å². The molecular weight excluding hydrogens is 228 g/mol. The fourth-order valence-electron chi connectivity index (χ4n) is 1.21. The largest absolute Gasteiger partial charge is 0.493 e. The predicted molar refractivity (Wildman–Crippen MR) is 64.1 cm³/mol. The van der Waals surface area contributed by atoms with Crippen molar-refractivity contribution in [2.45, 2.75) is 6.92 Å². The summed E-state index contributed by atoms with van der Waals surface area (Å²) < 4.78 is 10.1. The first kappa shape index (κ1) is 12.6. The van der Waals surface area contributed by atoms with Crippen LogP contribution in [0.1, 0.15) is 12.5 Å². The molecule has 1 rings (SSSR count).